The Morgan fingerprint density at radius 2 is 1.93 bits per heavy atom. The lowest BCUT2D eigenvalue weighted by atomic mass is 9.96. The summed E-state index contributed by atoms with van der Waals surface area (Å²) in [6, 6.07) is 8.54. The Balaban J connectivity index is 0.00000261. The first-order chi connectivity index (χ1) is 12.5. The lowest BCUT2D eigenvalue weighted by Crippen LogP contribution is -2.45. The topological polar surface area (TPSA) is 56.7 Å². The highest BCUT2D eigenvalue weighted by Gasteiger charge is 2.45. The third kappa shape index (κ3) is 5.98. The second-order valence-corrected chi connectivity index (χ2v) is 8.10. The van der Waals surface area contributed by atoms with Gasteiger partial charge in [-0.3, -0.25) is 4.79 Å². The second kappa shape index (κ2) is 9.96. The molecule has 1 aromatic rings. The quantitative estimate of drug-likeness (QED) is 0.354. The van der Waals surface area contributed by atoms with Crippen LogP contribution in [0, 0.1) is 0 Å². The van der Waals surface area contributed by atoms with Crippen LogP contribution in [0.3, 0.4) is 0 Å². The van der Waals surface area contributed by atoms with Gasteiger partial charge in [-0.15, -0.1) is 24.0 Å². The van der Waals surface area contributed by atoms with Crippen LogP contribution in [0.4, 0.5) is 0 Å². The van der Waals surface area contributed by atoms with Crippen LogP contribution in [-0.2, 0) is 10.2 Å². The van der Waals surface area contributed by atoms with Crippen LogP contribution >= 0.6 is 35.6 Å². The molecule has 2 fully saturated rings. The normalized spacial score (nSPS) is 18.6. The van der Waals surface area contributed by atoms with E-state index in [0.29, 0.717) is 6.04 Å². The summed E-state index contributed by atoms with van der Waals surface area (Å²) < 4.78 is 0. The van der Waals surface area contributed by atoms with Gasteiger partial charge in [0, 0.05) is 37.1 Å². The third-order valence-electron chi connectivity index (χ3n) is 5.46. The van der Waals surface area contributed by atoms with Gasteiger partial charge < -0.3 is 15.5 Å². The van der Waals surface area contributed by atoms with Gasteiger partial charge >= 0.3 is 0 Å². The third-order valence-corrected chi connectivity index (χ3v) is 5.79. The highest BCUT2D eigenvalue weighted by molar-refractivity contribution is 14.0. The zero-order valence-electron chi connectivity index (χ0n) is 16.1. The van der Waals surface area contributed by atoms with Gasteiger partial charge in [0.25, 0.3) is 0 Å². The molecule has 7 heteroatoms. The number of aliphatic imine (C=N–C) groups is 1. The Hall–Kier alpha value is -1.02. The number of halogens is 2. The smallest absolute Gasteiger partial charge is 0.243 e. The molecular weight excluding hydrogens is 475 g/mol. The Morgan fingerprint density at radius 1 is 1.26 bits per heavy atom. The van der Waals surface area contributed by atoms with Gasteiger partial charge in [0.1, 0.15) is 6.54 Å². The maximum atomic E-state index is 11.9. The molecule has 5 nitrogen and oxygen atoms in total. The molecule has 150 valence electrons. The van der Waals surface area contributed by atoms with Crippen LogP contribution in [0.15, 0.2) is 29.3 Å². The fourth-order valence-corrected chi connectivity index (χ4v) is 3.88. The van der Waals surface area contributed by atoms with Crippen molar-refractivity contribution >= 4 is 47.4 Å². The number of carbonyl (C=O) groups is 1. The van der Waals surface area contributed by atoms with E-state index in [1.54, 1.807) is 19.0 Å². The van der Waals surface area contributed by atoms with Crippen LogP contribution in [0.1, 0.15) is 44.1 Å². The number of rotatable bonds is 6. The van der Waals surface area contributed by atoms with Crippen molar-refractivity contribution in [3.05, 3.63) is 34.9 Å². The maximum Gasteiger partial charge on any atom is 0.243 e. The molecule has 0 spiro atoms. The highest BCUT2D eigenvalue weighted by atomic mass is 127. The predicted octanol–water partition coefficient (Wildman–Crippen LogP) is 3.56. The SMILES string of the molecule is CN(C)C(=O)CN=C(NCC1(c2ccccc2Cl)CC1)NC1CCCC1.I. The Labute approximate surface area is 184 Å². The zero-order valence-corrected chi connectivity index (χ0v) is 19.2. The molecule has 3 rings (SSSR count). The number of hydrogen-bond acceptors (Lipinski definition) is 2. The van der Waals surface area contributed by atoms with Gasteiger partial charge in [-0.2, -0.15) is 0 Å². The molecule has 27 heavy (non-hydrogen) atoms. The van der Waals surface area contributed by atoms with Crippen molar-refractivity contribution in [2.45, 2.75) is 50.0 Å². The highest BCUT2D eigenvalue weighted by Crippen LogP contribution is 2.49. The summed E-state index contributed by atoms with van der Waals surface area (Å²) in [5.41, 5.74) is 1.29. The molecule has 2 N–H and O–H groups in total. The fraction of sp³-hybridized carbons (Fsp3) is 0.600. The lowest BCUT2D eigenvalue weighted by Gasteiger charge is -2.22. The van der Waals surface area contributed by atoms with E-state index >= 15 is 0 Å². The largest absolute Gasteiger partial charge is 0.355 e. The van der Waals surface area contributed by atoms with Crippen LogP contribution in [-0.4, -0.2) is 50.0 Å². The van der Waals surface area contributed by atoms with E-state index in [1.165, 1.54) is 18.4 Å². The van der Waals surface area contributed by atoms with Gasteiger partial charge in [-0.1, -0.05) is 42.6 Å². The minimum atomic E-state index is 0. The molecule has 1 amide bonds. The van der Waals surface area contributed by atoms with E-state index in [4.69, 9.17) is 11.6 Å². The first-order valence-electron chi connectivity index (χ1n) is 9.50. The first-order valence-corrected chi connectivity index (χ1v) is 9.88. The van der Waals surface area contributed by atoms with Gasteiger partial charge in [-0.05, 0) is 37.3 Å². The fourth-order valence-electron chi connectivity index (χ4n) is 3.54. The summed E-state index contributed by atoms with van der Waals surface area (Å²) in [6.07, 6.45) is 7.08. The molecule has 0 aliphatic heterocycles. The standard InChI is InChI=1S/C20H29ClN4O.HI/c1-25(2)18(26)13-22-19(24-15-7-3-4-8-15)23-14-20(11-12-20)16-9-5-6-10-17(16)21;/h5-6,9-10,15H,3-4,7-8,11-14H2,1-2H3,(H2,22,23,24);1H. The first kappa shape index (κ1) is 22.3. The number of benzene rings is 1. The van der Waals surface area contributed by atoms with Crippen molar-refractivity contribution in [2.24, 2.45) is 4.99 Å². The molecule has 0 heterocycles. The molecule has 0 atom stereocenters. The number of hydrogen-bond donors (Lipinski definition) is 2. The van der Waals surface area contributed by atoms with Crippen molar-refractivity contribution in [1.29, 1.82) is 0 Å². The van der Waals surface area contributed by atoms with Gasteiger partial charge in [0.15, 0.2) is 5.96 Å². The van der Waals surface area contributed by atoms with E-state index in [9.17, 15) is 4.79 Å². The molecule has 2 saturated carbocycles. The molecule has 2 aliphatic carbocycles. The van der Waals surface area contributed by atoms with Crippen LogP contribution < -0.4 is 10.6 Å². The number of likely N-dealkylation sites (N-methyl/N-ethyl adjacent to an activating group) is 1. The van der Waals surface area contributed by atoms with Crippen molar-refractivity contribution in [2.75, 3.05) is 27.2 Å². The van der Waals surface area contributed by atoms with Crippen molar-refractivity contribution < 1.29 is 4.79 Å². The second-order valence-electron chi connectivity index (χ2n) is 7.69. The number of nitrogens with one attached hydrogen (secondary N) is 2. The van der Waals surface area contributed by atoms with Crippen molar-refractivity contribution in [1.82, 2.24) is 15.5 Å². The number of carbonyl (C=O) groups excluding carboxylic acids is 1. The van der Waals surface area contributed by atoms with E-state index in [1.807, 2.05) is 18.2 Å². The van der Waals surface area contributed by atoms with E-state index in [0.717, 1.165) is 43.2 Å². The number of nitrogens with zero attached hydrogens (tertiary/aromatic N) is 2. The Bertz CT molecular complexity index is 670. The van der Waals surface area contributed by atoms with E-state index < -0.39 is 0 Å². The number of amides is 1. The Morgan fingerprint density at radius 3 is 2.52 bits per heavy atom. The van der Waals surface area contributed by atoms with Gasteiger partial charge in [-0.25, -0.2) is 4.99 Å². The molecule has 0 aromatic heterocycles. The van der Waals surface area contributed by atoms with E-state index in [2.05, 4.69) is 21.7 Å². The summed E-state index contributed by atoms with van der Waals surface area (Å²) in [4.78, 5) is 18.0. The number of guanidine groups is 1. The molecule has 0 saturated heterocycles. The average Bonchev–Trinajstić information content (AvgIpc) is 3.23. The average molecular weight is 505 g/mol. The Kier molecular flexibility index (Phi) is 8.21. The summed E-state index contributed by atoms with van der Waals surface area (Å²) >= 11 is 6.42. The van der Waals surface area contributed by atoms with E-state index in [-0.39, 0.29) is 41.8 Å². The summed E-state index contributed by atoms with van der Waals surface area (Å²) in [5, 5.41) is 7.82. The molecular formula is C20H30ClIN4O. The van der Waals surface area contributed by atoms with Crippen molar-refractivity contribution in [3.63, 3.8) is 0 Å². The predicted molar refractivity (Wildman–Crippen MR) is 122 cm³/mol. The minimum absolute atomic E-state index is 0. The molecule has 1 aromatic carbocycles. The zero-order chi connectivity index (χ0) is 18.6. The van der Waals surface area contributed by atoms with Crippen LogP contribution in [0.5, 0.6) is 0 Å². The molecule has 0 unspecified atom stereocenters. The maximum absolute atomic E-state index is 11.9. The molecule has 0 radical (unpaired) electrons. The van der Waals surface area contributed by atoms with Gasteiger partial charge in [0.05, 0.1) is 0 Å². The lowest BCUT2D eigenvalue weighted by molar-refractivity contribution is -0.127. The molecule has 2 aliphatic rings. The van der Waals surface area contributed by atoms with Crippen LogP contribution in [0.2, 0.25) is 5.02 Å². The van der Waals surface area contributed by atoms with Crippen LogP contribution in [0.25, 0.3) is 0 Å². The van der Waals surface area contributed by atoms with Gasteiger partial charge in [0.2, 0.25) is 5.91 Å². The minimum Gasteiger partial charge on any atom is -0.355 e. The summed E-state index contributed by atoms with van der Waals surface area (Å²) in [5.74, 6) is 0.746. The summed E-state index contributed by atoms with van der Waals surface area (Å²) in [7, 11) is 3.51. The summed E-state index contributed by atoms with van der Waals surface area (Å²) in [6.45, 7) is 0.944. The molecule has 0 bridgehead atoms. The van der Waals surface area contributed by atoms with Crippen molar-refractivity contribution in [3.8, 4) is 0 Å². The monoisotopic (exact) mass is 504 g/mol.